The standard InChI is InChI=1S/C27H31NO4/c1-19-21(10-7-11-24(19)20-8-5-4-6-9-20)17-32-23-14-26(29-2)25(27(15-23)30-3)16-28-22-12-13-31-18-22/h4-11,14-15,22,28H,12-13,16-18H2,1-3H3/t22-/m1/s1. The number of nitrogens with one attached hydrogen (secondary N) is 1. The number of hydrogen-bond acceptors (Lipinski definition) is 5. The third-order valence-corrected chi connectivity index (χ3v) is 6.00. The molecular formula is C27H31NO4. The first-order valence-corrected chi connectivity index (χ1v) is 11.0. The van der Waals surface area contributed by atoms with Crippen molar-refractivity contribution < 1.29 is 18.9 Å². The molecule has 1 heterocycles. The van der Waals surface area contributed by atoms with Gasteiger partial charge in [-0.3, -0.25) is 0 Å². The summed E-state index contributed by atoms with van der Waals surface area (Å²) in [4.78, 5) is 0. The van der Waals surface area contributed by atoms with E-state index < -0.39 is 0 Å². The SMILES string of the molecule is COc1cc(OCc2cccc(-c3ccccc3)c2C)cc(OC)c1CN[C@@H]1CCOC1. The van der Waals surface area contributed by atoms with Gasteiger partial charge in [0.1, 0.15) is 23.9 Å². The van der Waals surface area contributed by atoms with E-state index in [9.17, 15) is 0 Å². The topological polar surface area (TPSA) is 49.0 Å². The van der Waals surface area contributed by atoms with Crippen LogP contribution in [-0.2, 0) is 17.9 Å². The highest BCUT2D eigenvalue weighted by atomic mass is 16.5. The molecule has 5 heteroatoms. The molecule has 0 amide bonds. The molecule has 1 aliphatic rings. The van der Waals surface area contributed by atoms with Gasteiger partial charge in [0, 0.05) is 31.3 Å². The van der Waals surface area contributed by atoms with Gasteiger partial charge >= 0.3 is 0 Å². The van der Waals surface area contributed by atoms with Gasteiger partial charge in [0.05, 0.1) is 26.4 Å². The fourth-order valence-electron chi connectivity index (χ4n) is 4.09. The largest absolute Gasteiger partial charge is 0.496 e. The van der Waals surface area contributed by atoms with Crippen LogP contribution in [0.2, 0.25) is 0 Å². The number of methoxy groups -OCH3 is 2. The van der Waals surface area contributed by atoms with Gasteiger partial charge in [-0.05, 0) is 35.6 Å². The molecular weight excluding hydrogens is 402 g/mol. The van der Waals surface area contributed by atoms with Crippen molar-refractivity contribution in [2.24, 2.45) is 0 Å². The maximum atomic E-state index is 6.18. The first kappa shape index (κ1) is 22.2. The lowest BCUT2D eigenvalue weighted by atomic mass is 9.97. The summed E-state index contributed by atoms with van der Waals surface area (Å²) in [5, 5.41) is 3.53. The van der Waals surface area contributed by atoms with E-state index in [1.807, 2.05) is 18.2 Å². The van der Waals surface area contributed by atoms with Gasteiger partial charge in [-0.25, -0.2) is 0 Å². The first-order valence-electron chi connectivity index (χ1n) is 11.0. The second kappa shape index (κ2) is 10.5. The fraction of sp³-hybridized carbons (Fsp3) is 0.333. The Morgan fingerprint density at radius 2 is 1.72 bits per heavy atom. The van der Waals surface area contributed by atoms with Crippen molar-refractivity contribution in [3.8, 4) is 28.4 Å². The zero-order chi connectivity index (χ0) is 22.3. The second-order valence-corrected chi connectivity index (χ2v) is 7.99. The lowest BCUT2D eigenvalue weighted by Crippen LogP contribution is -2.28. The van der Waals surface area contributed by atoms with Gasteiger partial charge in [0.15, 0.2) is 0 Å². The number of benzene rings is 3. The van der Waals surface area contributed by atoms with Gasteiger partial charge < -0.3 is 24.3 Å². The van der Waals surface area contributed by atoms with Crippen molar-refractivity contribution in [2.45, 2.75) is 32.5 Å². The molecule has 0 aromatic heterocycles. The van der Waals surface area contributed by atoms with Crippen molar-refractivity contribution in [1.29, 1.82) is 0 Å². The Balaban J connectivity index is 1.51. The number of hydrogen-bond donors (Lipinski definition) is 1. The summed E-state index contributed by atoms with van der Waals surface area (Å²) in [7, 11) is 3.35. The molecule has 0 unspecified atom stereocenters. The molecule has 3 aromatic rings. The highest BCUT2D eigenvalue weighted by Crippen LogP contribution is 2.35. The van der Waals surface area contributed by atoms with Crippen LogP contribution in [0.25, 0.3) is 11.1 Å². The third-order valence-electron chi connectivity index (χ3n) is 6.00. The van der Waals surface area contributed by atoms with E-state index in [4.69, 9.17) is 18.9 Å². The van der Waals surface area contributed by atoms with Gasteiger partial charge in [0.2, 0.25) is 0 Å². The van der Waals surface area contributed by atoms with Crippen LogP contribution in [0.15, 0.2) is 60.7 Å². The van der Waals surface area contributed by atoms with E-state index in [1.165, 1.54) is 16.7 Å². The maximum Gasteiger partial charge on any atom is 0.130 e. The minimum absolute atomic E-state index is 0.361. The molecule has 32 heavy (non-hydrogen) atoms. The summed E-state index contributed by atoms with van der Waals surface area (Å²) in [6, 6.07) is 21.0. The minimum Gasteiger partial charge on any atom is -0.496 e. The molecule has 0 saturated carbocycles. The Kier molecular flexibility index (Phi) is 7.30. The molecule has 0 spiro atoms. The fourth-order valence-corrected chi connectivity index (χ4v) is 4.09. The second-order valence-electron chi connectivity index (χ2n) is 7.99. The van der Waals surface area contributed by atoms with E-state index in [2.05, 4.69) is 54.7 Å². The Hall–Kier alpha value is -3.02. The minimum atomic E-state index is 0.361. The van der Waals surface area contributed by atoms with Crippen LogP contribution in [0, 0.1) is 6.92 Å². The molecule has 0 bridgehead atoms. The summed E-state index contributed by atoms with van der Waals surface area (Å²) < 4.78 is 23.0. The van der Waals surface area contributed by atoms with E-state index in [1.54, 1.807) is 14.2 Å². The molecule has 1 saturated heterocycles. The average molecular weight is 434 g/mol. The molecule has 0 radical (unpaired) electrons. The highest BCUT2D eigenvalue weighted by molar-refractivity contribution is 5.68. The van der Waals surface area contributed by atoms with Crippen LogP contribution in [0.1, 0.15) is 23.1 Å². The Labute approximate surface area is 190 Å². The molecule has 1 N–H and O–H groups in total. The zero-order valence-electron chi connectivity index (χ0n) is 19.0. The summed E-state index contributed by atoms with van der Waals surface area (Å²) in [6.07, 6.45) is 1.02. The monoisotopic (exact) mass is 433 g/mol. The quantitative estimate of drug-likeness (QED) is 0.507. The Morgan fingerprint density at radius 3 is 2.38 bits per heavy atom. The van der Waals surface area contributed by atoms with Crippen LogP contribution in [0.3, 0.4) is 0 Å². The van der Waals surface area contributed by atoms with Gasteiger partial charge in [-0.1, -0.05) is 48.5 Å². The Bertz CT molecular complexity index is 1000. The molecule has 1 atom stereocenters. The third kappa shape index (κ3) is 5.06. The summed E-state index contributed by atoms with van der Waals surface area (Å²) in [6.45, 7) is 4.81. The number of rotatable bonds is 9. The summed E-state index contributed by atoms with van der Waals surface area (Å²) in [5.41, 5.74) is 5.78. The lowest BCUT2D eigenvalue weighted by molar-refractivity contribution is 0.189. The zero-order valence-corrected chi connectivity index (χ0v) is 19.0. The lowest BCUT2D eigenvalue weighted by Gasteiger charge is -2.18. The van der Waals surface area contributed by atoms with Crippen LogP contribution < -0.4 is 19.5 Å². The molecule has 0 aliphatic carbocycles. The number of ether oxygens (including phenoxy) is 4. The maximum absolute atomic E-state index is 6.18. The van der Waals surface area contributed by atoms with Crippen LogP contribution in [-0.4, -0.2) is 33.5 Å². The van der Waals surface area contributed by atoms with E-state index in [0.717, 1.165) is 48.0 Å². The molecule has 168 valence electrons. The molecule has 3 aromatic carbocycles. The van der Waals surface area contributed by atoms with Crippen molar-refractivity contribution in [2.75, 3.05) is 27.4 Å². The summed E-state index contributed by atoms with van der Waals surface area (Å²) >= 11 is 0. The van der Waals surface area contributed by atoms with E-state index >= 15 is 0 Å². The predicted molar refractivity (Wildman–Crippen MR) is 127 cm³/mol. The van der Waals surface area contributed by atoms with Gasteiger partial charge in [-0.2, -0.15) is 0 Å². The van der Waals surface area contributed by atoms with Crippen molar-refractivity contribution >= 4 is 0 Å². The first-order chi connectivity index (χ1) is 15.7. The molecule has 5 nitrogen and oxygen atoms in total. The predicted octanol–water partition coefficient (Wildman–Crippen LogP) is 5.14. The van der Waals surface area contributed by atoms with Gasteiger partial charge in [0.25, 0.3) is 0 Å². The normalized spacial score (nSPS) is 15.5. The van der Waals surface area contributed by atoms with Crippen molar-refractivity contribution in [3.05, 3.63) is 77.4 Å². The van der Waals surface area contributed by atoms with Crippen LogP contribution >= 0.6 is 0 Å². The van der Waals surface area contributed by atoms with E-state index in [0.29, 0.717) is 19.2 Å². The Morgan fingerprint density at radius 1 is 0.969 bits per heavy atom. The molecule has 1 fully saturated rings. The smallest absolute Gasteiger partial charge is 0.130 e. The van der Waals surface area contributed by atoms with Crippen molar-refractivity contribution in [3.63, 3.8) is 0 Å². The van der Waals surface area contributed by atoms with Gasteiger partial charge in [-0.15, -0.1) is 0 Å². The highest BCUT2D eigenvalue weighted by Gasteiger charge is 2.19. The van der Waals surface area contributed by atoms with Crippen LogP contribution in [0.4, 0.5) is 0 Å². The van der Waals surface area contributed by atoms with E-state index in [-0.39, 0.29) is 0 Å². The van der Waals surface area contributed by atoms with Crippen molar-refractivity contribution in [1.82, 2.24) is 5.32 Å². The molecule has 4 rings (SSSR count). The average Bonchev–Trinajstić information content (AvgIpc) is 3.36. The van der Waals surface area contributed by atoms with Crippen LogP contribution in [0.5, 0.6) is 17.2 Å². The molecule has 1 aliphatic heterocycles. The summed E-state index contributed by atoms with van der Waals surface area (Å²) in [5.74, 6) is 2.22.